The number of aryl methyl sites for hydroxylation is 1. The van der Waals surface area contributed by atoms with Gasteiger partial charge >= 0.3 is 0 Å². The van der Waals surface area contributed by atoms with Crippen LogP contribution in [0.1, 0.15) is 11.3 Å². The molecule has 2 nitrogen and oxygen atoms in total. The van der Waals surface area contributed by atoms with Gasteiger partial charge in [-0.15, -0.1) is 0 Å². The van der Waals surface area contributed by atoms with Gasteiger partial charge in [-0.2, -0.15) is 0 Å². The maximum absolute atomic E-state index is 13.5. The van der Waals surface area contributed by atoms with Crippen LogP contribution in [0.2, 0.25) is 0 Å². The van der Waals surface area contributed by atoms with Crippen LogP contribution in [0.4, 0.5) is 4.39 Å². The standard InChI is InChI=1S/C12H13FN2/c1-8-6-9-4-3-5-10(13)12(9)15-11(8)7-14-2/h3-6,14H,7H2,1-2H3. The van der Waals surface area contributed by atoms with Crippen LogP contribution < -0.4 is 5.32 Å². The number of rotatable bonds is 2. The lowest BCUT2D eigenvalue weighted by Gasteiger charge is -2.06. The van der Waals surface area contributed by atoms with Crippen molar-refractivity contribution in [2.45, 2.75) is 13.5 Å². The molecule has 0 aliphatic heterocycles. The molecule has 3 heteroatoms. The lowest BCUT2D eigenvalue weighted by molar-refractivity contribution is 0.635. The van der Waals surface area contributed by atoms with E-state index in [1.54, 1.807) is 6.07 Å². The monoisotopic (exact) mass is 204 g/mol. The summed E-state index contributed by atoms with van der Waals surface area (Å²) in [5.41, 5.74) is 2.44. The third-order valence-corrected chi connectivity index (χ3v) is 2.44. The number of hydrogen-bond donors (Lipinski definition) is 1. The molecule has 0 aliphatic carbocycles. The molecule has 0 unspecified atom stereocenters. The number of hydrogen-bond acceptors (Lipinski definition) is 2. The zero-order valence-corrected chi connectivity index (χ0v) is 8.84. The Morgan fingerprint density at radius 2 is 2.20 bits per heavy atom. The van der Waals surface area contributed by atoms with Crippen molar-refractivity contribution in [3.63, 3.8) is 0 Å². The average molecular weight is 204 g/mol. The van der Waals surface area contributed by atoms with E-state index in [1.807, 2.05) is 26.1 Å². The molecule has 1 heterocycles. The first kappa shape index (κ1) is 10.1. The molecule has 1 aromatic heterocycles. The Hall–Kier alpha value is -1.48. The Bertz CT molecular complexity index is 494. The van der Waals surface area contributed by atoms with Crippen molar-refractivity contribution in [1.82, 2.24) is 10.3 Å². The van der Waals surface area contributed by atoms with E-state index < -0.39 is 0 Å². The molecule has 0 bridgehead atoms. The molecular formula is C12H13FN2. The molecule has 1 N–H and O–H groups in total. The predicted octanol–water partition coefficient (Wildman–Crippen LogP) is 2.40. The summed E-state index contributed by atoms with van der Waals surface area (Å²) >= 11 is 0. The van der Waals surface area contributed by atoms with E-state index in [2.05, 4.69) is 10.3 Å². The van der Waals surface area contributed by atoms with Crippen LogP contribution in [-0.2, 0) is 6.54 Å². The summed E-state index contributed by atoms with van der Waals surface area (Å²) in [5, 5.41) is 3.88. The molecule has 0 spiro atoms. The van der Waals surface area contributed by atoms with E-state index in [9.17, 15) is 4.39 Å². The van der Waals surface area contributed by atoms with Gasteiger partial charge in [0, 0.05) is 11.9 Å². The van der Waals surface area contributed by atoms with Crippen molar-refractivity contribution in [2.24, 2.45) is 0 Å². The zero-order chi connectivity index (χ0) is 10.8. The fourth-order valence-electron chi connectivity index (χ4n) is 1.65. The smallest absolute Gasteiger partial charge is 0.149 e. The highest BCUT2D eigenvalue weighted by Gasteiger charge is 2.05. The minimum Gasteiger partial charge on any atom is -0.314 e. The van der Waals surface area contributed by atoms with E-state index >= 15 is 0 Å². The summed E-state index contributed by atoms with van der Waals surface area (Å²) in [4.78, 5) is 4.33. The minimum atomic E-state index is -0.259. The van der Waals surface area contributed by atoms with Crippen LogP contribution >= 0.6 is 0 Å². The second-order valence-corrected chi connectivity index (χ2v) is 3.59. The highest BCUT2D eigenvalue weighted by molar-refractivity contribution is 5.80. The van der Waals surface area contributed by atoms with Crippen molar-refractivity contribution in [1.29, 1.82) is 0 Å². The Balaban J connectivity index is 2.66. The van der Waals surface area contributed by atoms with Crippen LogP contribution in [0, 0.1) is 12.7 Å². The third-order valence-electron chi connectivity index (χ3n) is 2.44. The topological polar surface area (TPSA) is 24.9 Å². The highest BCUT2D eigenvalue weighted by Crippen LogP contribution is 2.18. The van der Waals surface area contributed by atoms with Crippen molar-refractivity contribution in [3.8, 4) is 0 Å². The van der Waals surface area contributed by atoms with Crippen LogP contribution in [0.25, 0.3) is 10.9 Å². The molecule has 78 valence electrons. The number of fused-ring (bicyclic) bond motifs is 1. The molecule has 0 fully saturated rings. The third kappa shape index (κ3) is 1.83. The molecule has 0 atom stereocenters. The molecule has 0 radical (unpaired) electrons. The van der Waals surface area contributed by atoms with Gasteiger partial charge in [-0.05, 0) is 31.7 Å². The van der Waals surface area contributed by atoms with Gasteiger partial charge in [0.25, 0.3) is 0 Å². The summed E-state index contributed by atoms with van der Waals surface area (Å²) in [6.07, 6.45) is 0. The first-order valence-electron chi connectivity index (χ1n) is 4.91. The molecule has 0 amide bonds. The Morgan fingerprint density at radius 3 is 2.93 bits per heavy atom. The van der Waals surface area contributed by atoms with Gasteiger partial charge in [-0.3, -0.25) is 0 Å². The predicted molar refractivity (Wildman–Crippen MR) is 59.2 cm³/mol. The van der Waals surface area contributed by atoms with Gasteiger partial charge < -0.3 is 5.32 Å². The second-order valence-electron chi connectivity index (χ2n) is 3.59. The van der Waals surface area contributed by atoms with E-state index in [0.29, 0.717) is 12.1 Å². The van der Waals surface area contributed by atoms with Gasteiger partial charge in [0.2, 0.25) is 0 Å². The molecule has 1 aromatic carbocycles. The minimum absolute atomic E-state index is 0.259. The maximum atomic E-state index is 13.5. The molecule has 2 aromatic rings. The average Bonchev–Trinajstić information content (AvgIpc) is 2.21. The number of aromatic nitrogens is 1. The Labute approximate surface area is 88.1 Å². The van der Waals surface area contributed by atoms with E-state index in [0.717, 1.165) is 16.6 Å². The SMILES string of the molecule is CNCc1nc2c(F)cccc2cc1C. The lowest BCUT2D eigenvalue weighted by Crippen LogP contribution is -2.09. The van der Waals surface area contributed by atoms with Gasteiger partial charge in [0.05, 0.1) is 5.69 Å². The summed E-state index contributed by atoms with van der Waals surface area (Å²) in [5.74, 6) is -0.259. The molecule has 0 saturated carbocycles. The van der Waals surface area contributed by atoms with Crippen LogP contribution in [-0.4, -0.2) is 12.0 Å². The number of para-hydroxylation sites is 1. The molecule has 0 aliphatic rings. The van der Waals surface area contributed by atoms with Crippen LogP contribution in [0.5, 0.6) is 0 Å². The fourth-order valence-corrected chi connectivity index (χ4v) is 1.65. The quantitative estimate of drug-likeness (QED) is 0.812. The largest absolute Gasteiger partial charge is 0.314 e. The van der Waals surface area contributed by atoms with Crippen LogP contribution in [0.15, 0.2) is 24.3 Å². The molecule has 0 saturated heterocycles. The molecule has 2 rings (SSSR count). The first-order valence-corrected chi connectivity index (χ1v) is 4.91. The van der Waals surface area contributed by atoms with Crippen molar-refractivity contribution in [2.75, 3.05) is 7.05 Å². The lowest BCUT2D eigenvalue weighted by atomic mass is 10.1. The fraction of sp³-hybridized carbons (Fsp3) is 0.250. The normalized spacial score (nSPS) is 10.9. The van der Waals surface area contributed by atoms with Gasteiger partial charge in [0.1, 0.15) is 11.3 Å². The molecule has 15 heavy (non-hydrogen) atoms. The summed E-state index contributed by atoms with van der Waals surface area (Å²) in [7, 11) is 1.85. The van der Waals surface area contributed by atoms with E-state index in [1.165, 1.54) is 6.07 Å². The van der Waals surface area contributed by atoms with Gasteiger partial charge in [-0.1, -0.05) is 12.1 Å². The van der Waals surface area contributed by atoms with Gasteiger partial charge in [0.15, 0.2) is 0 Å². The number of pyridine rings is 1. The van der Waals surface area contributed by atoms with E-state index in [4.69, 9.17) is 0 Å². The van der Waals surface area contributed by atoms with Crippen LogP contribution in [0.3, 0.4) is 0 Å². The van der Waals surface area contributed by atoms with Crippen molar-refractivity contribution >= 4 is 10.9 Å². The van der Waals surface area contributed by atoms with Crippen molar-refractivity contribution < 1.29 is 4.39 Å². The highest BCUT2D eigenvalue weighted by atomic mass is 19.1. The molecular weight excluding hydrogens is 191 g/mol. The Morgan fingerprint density at radius 1 is 1.40 bits per heavy atom. The summed E-state index contributed by atoms with van der Waals surface area (Å²) in [6.45, 7) is 2.65. The number of nitrogens with one attached hydrogen (secondary N) is 1. The number of benzene rings is 1. The zero-order valence-electron chi connectivity index (χ0n) is 8.84. The van der Waals surface area contributed by atoms with Gasteiger partial charge in [-0.25, -0.2) is 9.37 Å². The number of nitrogens with zero attached hydrogens (tertiary/aromatic N) is 1. The second kappa shape index (κ2) is 3.95. The van der Waals surface area contributed by atoms with Crippen molar-refractivity contribution in [3.05, 3.63) is 41.3 Å². The summed E-state index contributed by atoms with van der Waals surface area (Å²) < 4.78 is 13.5. The maximum Gasteiger partial charge on any atom is 0.149 e. The summed E-state index contributed by atoms with van der Waals surface area (Å²) in [6, 6.07) is 6.99. The van der Waals surface area contributed by atoms with E-state index in [-0.39, 0.29) is 5.82 Å². The number of halogens is 1. The first-order chi connectivity index (χ1) is 7.22. The Kier molecular flexibility index (Phi) is 2.64.